The number of carbonyl (C=O) groups is 1. The molecule has 8 nitrogen and oxygen atoms in total. The molecule has 0 unspecified atom stereocenters. The highest BCUT2D eigenvalue weighted by Gasteiger charge is 2.26. The first kappa shape index (κ1) is 23.8. The molecule has 5 rings (SSSR count). The monoisotopic (exact) mass is 495 g/mol. The zero-order chi connectivity index (χ0) is 24.0. The quantitative estimate of drug-likeness (QED) is 0.534. The first-order chi connectivity index (χ1) is 17.2. The molecule has 0 saturated carbocycles. The Morgan fingerprint density at radius 1 is 1.03 bits per heavy atom. The van der Waals surface area contributed by atoms with Gasteiger partial charge in [0.2, 0.25) is 17.6 Å². The van der Waals surface area contributed by atoms with Gasteiger partial charge in [0.1, 0.15) is 0 Å². The molecule has 2 aliphatic heterocycles. The Labute approximate surface area is 210 Å². The highest BCUT2D eigenvalue weighted by atomic mass is 35.5. The number of likely N-dealkylation sites (tertiary alicyclic amines) is 1. The summed E-state index contributed by atoms with van der Waals surface area (Å²) in [4.78, 5) is 21.8. The summed E-state index contributed by atoms with van der Waals surface area (Å²) in [7, 11) is 0. The zero-order valence-corrected chi connectivity index (χ0v) is 20.4. The summed E-state index contributed by atoms with van der Waals surface area (Å²) in [5, 5.41) is 7.78. The highest BCUT2D eigenvalue weighted by molar-refractivity contribution is 6.33. The number of halogens is 1. The fraction of sp³-hybridized carbons (Fsp3) is 0.423. The Bertz CT molecular complexity index is 1120. The first-order valence-corrected chi connectivity index (χ1v) is 12.5. The van der Waals surface area contributed by atoms with E-state index in [-0.39, 0.29) is 11.8 Å². The second-order valence-electron chi connectivity index (χ2n) is 9.03. The van der Waals surface area contributed by atoms with Crippen LogP contribution in [0.15, 0.2) is 53.1 Å². The molecule has 1 amide bonds. The van der Waals surface area contributed by atoms with Crippen molar-refractivity contribution in [1.29, 1.82) is 0 Å². The largest absolute Gasteiger partial charge is 0.378 e. The summed E-state index contributed by atoms with van der Waals surface area (Å²) < 4.78 is 10.9. The van der Waals surface area contributed by atoms with Crippen LogP contribution in [0.5, 0.6) is 0 Å². The van der Waals surface area contributed by atoms with Crippen molar-refractivity contribution in [3.63, 3.8) is 0 Å². The second kappa shape index (κ2) is 11.2. The van der Waals surface area contributed by atoms with E-state index >= 15 is 0 Å². The van der Waals surface area contributed by atoms with Crippen LogP contribution in [0.1, 0.15) is 24.3 Å². The molecule has 1 aromatic heterocycles. The molecule has 0 bridgehead atoms. The van der Waals surface area contributed by atoms with Crippen molar-refractivity contribution in [2.24, 2.45) is 5.92 Å². The van der Waals surface area contributed by atoms with E-state index < -0.39 is 0 Å². The maximum Gasteiger partial charge on any atom is 0.241 e. The molecule has 2 aromatic carbocycles. The van der Waals surface area contributed by atoms with Gasteiger partial charge in [-0.05, 0) is 55.8 Å². The van der Waals surface area contributed by atoms with E-state index in [1.165, 1.54) is 5.69 Å². The third-order valence-corrected chi connectivity index (χ3v) is 7.01. The summed E-state index contributed by atoms with van der Waals surface area (Å²) in [6.45, 7) is 6.14. The number of hydrogen-bond acceptors (Lipinski definition) is 7. The predicted molar refractivity (Wildman–Crippen MR) is 134 cm³/mol. The number of nitrogens with one attached hydrogen (secondary N) is 1. The minimum Gasteiger partial charge on any atom is -0.378 e. The molecule has 9 heteroatoms. The molecule has 0 radical (unpaired) electrons. The highest BCUT2D eigenvalue weighted by Crippen LogP contribution is 2.26. The van der Waals surface area contributed by atoms with Crippen molar-refractivity contribution < 1.29 is 14.1 Å². The molecule has 3 heterocycles. The van der Waals surface area contributed by atoms with Gasteiger partial charge < -0.3 is 19.5 Å². The van der Waals surface area contributed by atoms with Gasteiger partial charge in [0.05, 0.1) is 24.8 Å². The predicted octanol–water partition coefficient (Wildman–Crippen LogP) is 3.76. The van der Waals surface area contributed by atoms with E-state index in [0.717, 1.165) is 63.4 Å². The Kier molecular flexibility index (Phi) is 7.61. The summed E-state index contributed by atoms with van der Waals surface area (Å²) in [5.74, 6) is 1.21. The molecule has 2 aliphatic rings. The minimum atomic E-state index is 0.0280. The Balaban J connectivity index is 1.06. The Morgan fingerprint density at radius 2 is 1.77 bits per heavy atom. The molecule has 1 N–H and O–H groups in total. The van der Waals surface area contributed by atoms with Crippen LogP contribution < -0.4 is 10.2 Å². The van der Waals surface area contributed by atoms with Gasteiger partial charge in [-0.3, -0.25) is 9.69 Å². The lowest BCUT2D eigenvalue weighted by Crippen LogP contribution is -2.40. The van der Waals surface area contributed by atoms with Crippen LogP contribution in [0.2, 0.25) is 5.02 Å². The van der Waals surface area contributed by atoms with Crippen molar-refractivity contribution in [3.8, 4) is 11.4 Å². The maximum absolute atomic E-state index is 12.7. The number of morpholine rings is 1. The maximum atomic E-state index is 12.7. The zero-order valence-electron chi connectivity index (χ0n) is 19.7. The number of anilines is 1. The van der Waals surface area contributed by atoms with Gasteiger partial charge in [-0.1, -0.05) is 41.0 Å². The molecule has 3 aromatic rings. The molecule has 35 heavy (non-hydrogen) atoms. The molecular formula is C26H30ClN5O3. The van der Waals surface area contributed by atoms with Gasteiger partial charge in [-0.25, -0.2) is 0 Å². The van der Waals surface area contributed by atoms with Crippen molar-refractivity contribution in [3.05, 3.63) is 65.0 Å². The number of aromatic nitrogens is 2. The van der Waals surface area contributed by atoms with Crippen LogP contribution in [0.4, 0.5) is 5.69 Å². The van der Waals surface area contributed by atoms with E-state index in [1.807, 2.05) is 24.3 Å². The summed E-state index contributed by atoms with van der Waals surface area (Å²) in [5.41, 5.74) is 3.07. The van der Waals surface area contributed by atoms with E-state index in [1.54, 1.807) is 0 Å². The Hall–Kier alpha value is -2.94. The number of hydrogen-bond donors (Lipinski definition) is 1. The lowest BCUT2D eigenvalue weighted by molar-refractivity contribution is -0.126. The van der Waals surface area contributed by atoms with Crippen molar-refractivity contribution in [1.82, 2.24) is 20.4 Å². The van der Waals surface area contributed by atoms with Crippen LogP contribution in [0, 0.1) is 5.92 Å². The third-order valence-electron chi connectivity index (χ3n) is 6.68. The normalized spacial score (nSPS) is 17.5. The number of piperidine rings is 1. The van der Waals surface area contributed by atoms with Crippen LogP contribution in [-0.2, 0) is 22.6 Å². The fourth-order valence-electron chi connectivity index (χ4n) is 4.60. The fourth-order valence-corrected chi connectivity index (χ4v) is 4.82. The van der Waals surface area contributed by atoms with Crippen LogP contribution in [0.25, 0.3) is 11.4 Å². The minimum absolute atomic E-state index is 0.0280. The summed E-state index contributed by atoms with van der Waals surface area (Å²) >= 11 is 6.23. The van der Waals surface area contributed by atoms with E-state index in [2.05, 4.69) is 49.5 Å². The van der Waals surface area contributed by atoms with Crippen LogP contribution in [0.3, 0.4) is 0 Å². The molecule has 184 valence electrons. The van der Waals surface area contributed by atoms with E-state index in [0.29, 0.717) is 29.8 Å². The molecular weight excluding hydrogens is 466 g/mol. The van der Waals surface area contributed by atoms with Gasteiger partial charge in [0.15, 0.2) is 0 Å². The van der Waals surface area contributed by atoms with Gasteiger partial charge in [-0.15, -0.1) is 0 Å². The molecule has 2 fully saturated rings. The topological polar surface area (TPSA) is 83.7 Å². The molecule has 0 atom stereocenters. The molecule has 0 aliphatic carbocycles. The number of rotatable bonds is 7. The van der Waals surface area contributed by atoms with Crippen molar-refractivity contribution in [2.45, 2.75) is 25.9 Å². The number of ether oxygens (including phenoxy) is 1. The van der Waals surface area contributed by atoms with Gasteiger partial charge >= 0.3 is 0 Å². The number of benzene rings is 2. The standard InChI is InChI=1S/C26H30ClN5O3/c27-23-4-2-1-3-22(23)25-29-24(35-30-25)18-31-11-9-20(10-12-31)26(33)28-17-19-5-7-21(8-6-19)32-13-15-34-16-14-32/h1-8,20H,9-18H2,(H,28,33). The van der Waals surface area contributed by atoms with Crippen LogP contribution >= 0.6 is 11.6 Å². The van der Waals surface area contributed by atoms with E-state index in [4.69, 9.17) is 20.9 Å². The Morgan fingerprint density at radius 3 is 2.51 bits per heavy atom. The smallest absolute Gasteiger partial charge is 0.241 e. The average molecular weight is 496 g/mol. The van der Waals surface area contributed by atoms with Crippen molar-refractivity contribution in [2.75, 3.05) is 44.3 Å². The SMILES string of the molecule is O=C(NCc1ccc(N2CCOCC2)cc1)C1CCN(Cc2nc(-c3ccccc3Cl)no2)CC1. The molecule has 2 saturated heterocycles. The van der Waals surface area contributed by atoms with Crippen LogP contribution in [-0.4, -0.2) is 60.3 Å². The summed E-state index contributed by atoms with van der Waals surface area (Å²) in [6, 6.07) is 15.9. The number of nitrogens with zero attached hydrogens (tertiary/aromatic N) is 4. The number of amides is 1. The third kappa shape index (κ3) is 6.01. The summed E-state index contributed by atoms with van der Waals surface area (Å²) in [6.07, 6.45) is 1.63. The second-order valence-corrected chi connectivity index (χ2v) is 9.43. The van der Waals surface area contributed by atoms with Gasteiger partial charge in [0.25, 0.3) is 0 Å². The van der Waals surface area contributed by atoms with E-state index in [9.17, 15) is 4.79 Å². The lowest BCUT2D eigenvalue weighted by atomic mass is 9.96. The van der Waals surface area contributed by atoms with Gasteiger partial charge in [0, 0.05) is 36.8 Å². The molecule has 0 spiro atoms. The lowest BCUT2D eigenvalue weighted by Gasteiger charge is -2.30. The average Bonchev–Trinajstić information content (AvgIpc) is 3.37. The number of carbonyl (C=O) groups excluding carboxylic acids is 1. The first-order valence-electron chi connectivity index (χ1n) is 12.1. The van der Waals surface area contributed by atoms with Gasteiger partial charge in [-0.2, -0.15) is 4.98 Å². The van der Waals surface area contributed by atoms with Crippen molar-refractivity contribution >= 4 is 23.2 Å².